The third-order valence-electron chi connectivity index (χ3n) is 3.44. The predicted molar refractivity (Wildman–Crippen MR) is 68.6 cm³/mol. The largest absolute Gasteiger partial charge is 0.394 e. The minimum atomic E-state index is -0.476. The molecule has 1 atom stereocenters. The lowest BCUT2D eigenvalue weighted by molar-refractivity contribution is -0.385. The second kappa shape index (κ2) is 5.79. The molecule has 102 valence electrons. The number of para-hydroxylation sites is 1. The quantitative estimate of drug-likeness (QED) is 0.652. The molecule has 1 aliphatic rings. The van der Waals surface area contributed by atoms with Crippen LogP contribution in [0.2, 0.25) is 0 Å². The van der Waals surface area contributed by atoms with Crippen molar-refractivity contribution in [2.75, 3.05) is 13.2 Å². The summed E-state index contributed by atoms with van der Waals surface area (Å²) in [5.41, 5.74) is 0.386. The fourth-order valence-electron chi connectivity index (χ4n) is 2.46. The maximum atomic E-state index is 12.2. The van der Waals surface area contributed by atoms with Gasteiger partial charge in [0.2, 0.25) is 5.91 Å². The van der Waals surface area contributed by atoms with E-state index in [0.29, 0.717) is 12.1 Å². The molecule has 6 heteroatoms. The highest BCUT2D eigenvalue weighted by Gasteiger charge is 2.29. The summed E-state index contributed by atoms with van der Waals surface area (Å²) in [4.78, 5) is 24.2. The van der Waals surface area contributed by atoms with Crippen molar-refractivity contribution in [1.29, 1.82) is 0 Å². The van der Waals surface area contributed by atoms with Gasteiger partial charge in [0.1, 0.15) is 0 Å². The third kappa shape index (κ3) is 2.90. The van der Waals surface area contributed by atoms with Crippen LogP contribution in [0.1, 0.15) is 18.4 Å². The number of rotatable bonds is 4. The van der Waals surface area contributed by atoms with Crippen LogP contribution in [0.15, 0.2) is 24.3 Å². The highest BCUT2D eigenvalue weighted by Crippen LogP contribution is 2.22. The first-order valence-corrected chi connectivity index (χ1v) is 6.26. The number of nitrogens with zero attached hydrogens (tertiary/aromatic N) is 2. The monoisotopic (exact) mass is 264 g/mol. The summed E-state index contributed by atoms with van der Waals surface area (Å²) in [7, 11) is 0. The number of nitro groups is 1. The van der Waals surface area contributed by atoms with Gasteiger partial charge >= 0.3 is 0 Å². The molecule has 19 heavy (non-hydrogen) atoms. The summed E-state index contributed by atoms with van der Waals surface area (Å²) in [6, 6.07) is 6.12. The minimum absolute atomic E-state index is 0.00759. The topological polar surface area (TPSA) is 83.7 Å². The molecule has 1 fully saturated rings. The van der Waals surface area contributed by atoms with Crippen molar-refractivity contribution in [2.45, 2.75) is 25.3 Å². The van der Waals surface area contributed by atoms with Gasteiger partial charge in [-0.25, -0.2) is 0 Å². The molecule has 1 N–H and O–H groups in total. The molecule has 0 saturated carbocycles. The van der Waals surface area contributed by atoms with Gasteiger partial charge < -0.3 is 10.0 Å². The number of aliphatic hydroxyl groups is 1. The number of benzene rings is 1. The Bertz CT molecular complexity index is 489. The molecule has 0 unspecified atom stereocenters. The average molecular weight is 264 g/mol. The SMILES string of the molecule is O=C(Cc1ccccc1[N+](=O)[O-])N1CCC[C@H]1CO. The Morgan fingerprint density at radius 3 is 2.89 bits per heavy atom. The first-order valence-electron chi connectivity index (χ1n) is 6.26. The summed E-state index contributed by atoms with van der Waals surface area (Å²) in [5.74, 6) is -0.161. The van der Waals surface area contributed by atoms with E-state index >= 15 is 0 Å². The standard InChI is InChI=1S/C13H16N2O4/c16-9-11-5-3-7-14(11)13(17)8-10-4-1-2-6-12(10)15(18)19/h1-2,4,6,11,16H,3,5,7-9H2/t11-/m0/s1. The zero-order valence-corrected chi connectivity index (χ0v) is 10.5. The molecule has 0 spiro atoms. The Morgan fingerprint density at radius 1 is 1.47 bits per heavy atom. The Kier molecular flexibility index (Phi) is 4.11. The summed E-state index contributed by atoms with van der Waals surface area (Å²) >= 11 is 0. The van der Waals surface area contributed by atoms with E-state index in [2.05, 4.69) is 0 Å². The second-order valence-corrected chi connectivity index (χ2v) is 4.63. The van der Waals surface area contributed by atoms with Crippen LogP contribution in [-0.4, -0.2) is 40.0 Å². The summed E-state index contributed by atoms with van der Waals surface area (Å²) in [5, 5.41) is 20.1. The number of hydrogen-bond acceptors (Lipinski definition) is 4. The van der Waals surface area contributed by atoms with Crippen LogP contribution in [0.5, 0.6) is 0 Å². The smallest absolute Gasteiger partial charge is 0.273 e. The first kappa shape index (κ1) is 13.5. The van der Waals surface area contributed by atoms with Gasteiger partial charge in [-0.05, 0) is 12.8 Å². The molecule has 1 heterocycles. The van der Waals surface area contributed by atoms with Gasteiger partial charge in [0.25, 0.3) is 5.69 Å². The van der Waals surface area contributed by atoms with Crippen LogP contribution in [-0.2, 0) is 11.2 Å². The number of nitro benzene ring substituents is 1. The molecule has 0 radical (unpaired) electrons. The summed E-state index contributed by atoms with van der Waals surface area (Å²) in [6.07, 6.45) is 1.67. The Balaban J connectivity index is 2.13. The molecule has 1 aromatic carbocycles. The Labute approximate surface area is 110 Å². The van der Waals surface area contributed by atoms with Gasteiger partial charge in [0.15, 0.2) is 0 Å². The maximum Gasteiger partial charge on any atom is 0.273 e. The molecule has 1 aromatic rings. The van der Waals surface area contributed by atoms with E-state index in [-0.39, 0.29) is 30.7 Å². The molecule has 1 amide bonds. The molecular formula is C13H16N2O4. The molecule has 0 bridgehead atoms. The Hall–Kier alpha value is -1.95. The van der Waals surface area contributed by atoms with Crippen molar-refractivity contribution < 1.29 is 14.8 Å². The van der Waals surface area contributed by atoms with Crippen LogP contribution >= 0.6 is 0 Å². The van der Waals surface area contributed by atoms with Crippen molar-refractivity contribution >= 4 is 11.6 Å². The van der Waals surface area contributed by atoms with E-state index in [1.54, 1.807) is 23.1 Å². The molecule has 0 aliphatic carbocycles. The third-order valence-corrected chi connectivity index (χ3v) is 3.44. The molecule has 6 nitrogen and oxygen atoms in total. The number of hydrogen-bond donors (Lipinski definition) is 1. The van der Waals surface area contributed by atoms with Gasteiger partial charge in [-0.2, -0.15) is 0 Å². The highest BCUT2D eigenvalue weighted by atomic mass is 16.6. The molecular weight excluding hydrogens is 248 g/mol. The van der Waals surface area contributed by atoms with Crippen molar-refractivity contribution in [3.8, 4) is 0 Å². The number of amides is 1. The second-order valence-electron chi connectivity index (χ2n) is 4.63. The van der Waals surface area contributed by atoms with E-state index in [0.717, 1.165) is 12.8 Å². The van der Waals surface area contributed by atoms with Crippen molar-refractivity contribution in [1.82, 2.24) is 4.90 Å². The van der Waals surface area contributed by atoms with Crippen molar-refractivity contribution in [3.63, 3.8) is 0 Å². The van der Waals surface area contributed by atoms with E-state index in [1.807, 2.05) is 0 Å². The normalized spacial score (nSPS) is 18.6. The van der Waals surface area contributed by atoms with E-state index in [1.165, 1.54) is 6.07 Å². The number of likely N-dealkylation sites (tertiary alicyclic amines) is 1. The van der Waals surface area contributed by atoms with Crippen LogP contribution in [0, 0.1) is 10.1 Å². The molecule has 1 saturated heterocycles. The summed E-state index contributed by atoms with van der Waals surface area (Å²) in [6.45, 7) is 0.563. The predicted octanol–water partition coefficient (Wildman–Crippen LogP) is 1.12. The average Bonchev–Trinajstić information content (AvgIpc) is 2.87. The van der Waals surface area contributed by atoms with Crippen molar-refractivity contribution in [2.24, 2.45) is 0 Å². The first-order chi connectivity index (χ1) is 9.13. The lowest BCUT2D eigenvalue weighted by atomic mass is 10.1. The van der Waals surface area contributed by atoms with Gasteiger partial charge in [-0.1, -0.05) is 18.2 Å². The Morgan fingerprint density at radius 2 is 2.21 bits per heavy atom. The fourth-order valence-corrected chi connectivity index (χ4v) is 2.46. The number of carbonyl (C=O) groups excluding carboxylic acids is 1. The fraction of sp³-hybridized carbons (Fsp3) is 0.462. The lowest BCUT2D eigenvalue weighted by Crippen LogP contribution is -2.38. The van der Waals surface area contributed by atoms with Gasteiger partial charge in [-0.15, -0.1) is 0 Å². The zero-order chi connectivity index (χ0) is 13.8. The maximum absolute atomic E-state index is 12.2. The lowest BCUT2D eigenvalue weighted by Gasteiger charge is -2.22. The number of carbonyl (C=O) groups is 1. The number of aliphatic hydroxyl groups excluding tert-OH is 1. The van der Waals surface area contributed by atoms with E-state index < -0.39 is 4.92 Å². The summed E-state index contributed by atoms with van der Waals surface area (Å²) < 4.78 is 0. The van der Waals surface area contributed by atoms with Crippen LogP contribution in [0.25, 0.3) is 0 Å². The van der Waals surface area contributed by atoms with Gasteiger partial charge in [0, 0.05) is 18.2 Å². The van der Waals surface area contributed by atoms with Crippen molar-refractivity contribution in [3.05, 3.63) is 39.9 Å². The van der Waals surface area contributed by atoms with E-state index in [4.69, 9.17) is 0 Å². The molecule has 2 rings (SSSR count). The molecule has 1 aliphatic heterocycles. The zero-order valence-electron chi connectivity index (χ0n) is 10.5. The van der Waals surface area contributed by atoms with Gasteiger partial charge in [-0.3, -0.25) is 14.9 Å². The minimum Gasteiger partial charge on any atom is -0.394 e. The molecule has 0 aromatic heterocycles. The van der Waals surface area contributed by atoms with Crippen LogP contribution < -0.4 is 0 Å². The van der Waals surface area contributed by atoms with Crippen LogP contribution in [0.4, 0.5) is 5.69 Å². The van der Waals surface area contributed by atoms with E-state index in [9.17, 15) is 20.0 Å². The highest BCUT2D eigenvalue weighted by molar-refractivity contribution is 5.80. The van der Waals surface area contributed by atoms with Crippen LogP contribution in [0.3, 0.4) is 0 Å². The van der Waals surface area contributed by atoms with Gasteiger partial charge in [0.05, 0.1) is 24.0 Å².